The highest BCUT2D eigenvalue weighted by Gasteiger charge is 2.27. The second-order valence-electron chi connectivity index (χ2n) is 6.55. The average Bonchev–Trinajstić information content (AvgIpc) is 3.15. The molecular weight excluding hydrogens is 352 g/mol. The summed E-state index contributed by atoms with van der Waals surface area (Å²) in [5.74, 6) is 1.51. The maximum absolute atomic E-state index is 11.6. The van der Waals surface area contributed by atoms with E-state index in [-0.39, 0.29) is 30.3 Å². The lowest BCUT2D eigenvalue weighted by Crippen LogP contribution is -2.21. The van der Waals surface area contributed by atoms with Gasteiger partial charge in [0.25, 0.3) is 5.88 Å². The van der Waals surface area contributed by atoms with Gasteiger partial charge in [0.15, 0.2) is 11.5 Å². The van der Waals surface area contributed by atoms with Crippen LogP contribution in [0.3, 0.4) is 0 Å². The number of nitrogens with zero attached hydrogens (tertiary/aromatic N) is 3. The number of hydrogen-bond acceptors (Lipinski definition) is 8. The van der Waals surface area contributed by atoms with Gasteiger partial charge in [-0.05, 0) is 43.4 Å². The monoisotopic (exact) mass is 372 g/mol. The molecule has 0 radical (unpaired) electrons. The Balaban J connectivity index is 1.51. The second-order valence-corrected chi connectivity index (χ2v) is 6.55. The van der Waals surface area contributed by atoms with Gasteiger partial charge in [0.2, 0.25) is 12.6 Å². The van der Waals surface area contributed by atoms with Crippen LogP contribution in [0.5, 0.6) is 17.4 Å². The molecule has 9 heteroatoms. The van der Waals surface area contributed by atoms with Crippen LogP contribution in [0.2, 0.25) is 0 Å². The molecule has 1 aliphatic carbocycles. The minimum absolute atomic E-state index is 0.0232. The molecule has 27 heavy (non-hydrogen) atoms. The standard InChI is InChI=1S/C18H20N4O5/c23-22(24)16-17(19-9-12-6-7-14-15(8-12)26-11-25-14)20-10-21-18(16)27-13-4-2-1-3-5-13/h6-8,10,13H,1-5,9,11H2,(H,19,20,21). The van der Waals surface area contributed by atoms with Crippen molar-refractivity contribution in [3.63, 3.8) is 0 Å². The number of hydrogen-bond donors (Lipinski definition) is 1. The molecular formula is C18H20N4O5. The Hall–Kier alpha value is -3.10. The lowest BCUT2D eigenvalue weighted by Gasteiger charge is -2.22. The van der Waals surface area contributed by atoms with Gasteiger partial charge in [0, 0.05) is 6.54 Å². The zero-order valence-electron chi connectivity index (χ0n) is 14.7. The van der Waals surface area contributed by atoms with Crippen molar-refractivity contribution in [2.24, 2.45) is 0 Å². The minimum atomic E-state index is -0.500. The van der Waals surface area contributed by atoms with Crippen molar-refractivity contribution in [2.75, 3.05) is 12.1 Å². The SMILES string of the molecule is O=[N+]([O-])c1c(NCc2ccc3c(c2)OCO3)ncnc1OC1CCCCC1. The molecule has 0 unspecified atom stereocenters. The van der Waals surface area contributed by atoms with E-state index in [9.17, 15) is 10.1 Å². The molecule has 2 heterocycles. The van der Waals surface area contributed by atoms with Crippen molar-refractivity contribution < 1.29 is 19.1 Å². The van der Waals surface area contributed by atoms with E-state index in [2.05, 4.69) is 15.3 Å². The van der Waals surface area contributed by atoms with E-state index < -0.39 is 4.92 Å². The molecule has 9 nitrogen and oxygen atoms in total. The predicted octanol–water partition coefficient (Wildman–Crippen LogP) is 3.44. The van der Waals surface area contributed by atoms with Crippen LogP contribution < -0.4 is 19.5 Å². The summed E-state index contributed by atoms with van der Waals surface area (Å²) >= 11 is 0. The van der Waals surface area contributed by atoms with E-state index in [1.165, 1.54) is 12.7 Å². The molecule has 1 aromatic heterocycles. The smallest absolute Gasteiger partial charge is 0.372 e. The van der Waals surface area contributed by atoms with Crippen molar-refractivity contribution in [3.8, 4) is 17.4 Å². The molecule has 0 atom stereocenters. The summed E-state index contributed by atoms with van der Waals surface area (Å²) in [6.45, 7) is 0.544. The minimum Gasteiger partial charge on any atom is -0.469 e. The third-order valence-corrected chi connectivity index (χ3v) is 4.70. The molecule has 1 saturated carbocycles. The van der Waals surface area contributed by atoms with Crippen molar-refractivity contribution in [1.82, 2.24) is 9.97 Å². The largest absolute Gasteiger partial charge is 0.469 e. The van der Waals surface area contributed by atoms with E-state index in [4.69, 9.17) is 14.2 Å². The molecule has 0 amide bonds. The molecule has 4 rings (SSSR count). The van der Waals surface area contributed by atoms with E-state index in [0.29, 0.717) is 18.0 Å². The first kappa shape index (κ1) is 17.3. The van der Waals surface area contributed by atoms with Crippen LogP contribution in [0.4, 0.5) is 11.5 Å². The summed E-state index contributed by atoms with van der Waals surface area (Å²) in [5.41, 5.74) is 0.658. The molecule has 0 saturated heterocycles. The Morgan fingerprint density at radius 1 is 1.19 bits per heavy atom. The first-order valence-corrected chi connectivity index (χ1v) is 8.99. The number of ether oxygens (including phenoxy) is 3. The maximum atomic E-state index is 11.6. The molecule has 1 aliphatic heterocycles. The number of rotatable bonds is 6. The fourth-order valence-electron chi connectivity index (χ4n) is 3.32. The first-order chi connectivity index (χ1) is 13.2. The third kappa shape index (κ3) is 3.86. The number of fused-ring (bicyclic) bond motifs is 1. The lowest BCUT2D eigenvalue weighted by atomic mass is 9.98. The Bertz CT molecular complexity index is 838. The fourth-order valence-corrected chi connectivity index (χ4v) is 3.32. The van der Waals surface area contributed by atoms with Gasteiger partial charge in [-0.2, -0.15) is 4.98 Å². The molecule has 0 bridgehead atoms. The number of anilines is 1. The molecule has 2 aliphatic rings. The van der Waals surface area contributed by atoms with Crippen molar-refractivity contribution in [3.05, 3.63) is 40.2 Å². The van der Waals surface area contributed by atoms with Crippen molar-refractivity contribution in [2.45, 2.75) is 44.8 Å². The van der Waals surface area contributed by atoms with Gasteiger partial charge >= 0.3 is 5.69 Å². The van der Waals surface area contributed by atoms with Crippen LogP contribution in [0.15, 0.2) is 24.5 Å². The Morgan fingerprint density at radius 3 is 2.81 bits per heavy atom. The Kier molecular flexibility index (Phi) is 4.91. The summed E-state index contributed by atoms with van der Waals surface area (Å²) in [6, 6.07) is 5.51. The molecule has 0 spiro atoms. The fraction of sp³-hybridized carbons (Fsp3) is 0.444. The highest BCUT2D eigenvalue weighted by molar-refractivity contribution is 5.61. The van der Waals surface area contributed by atoms with E-state index >= 15 is 0 Å². The van der Waals surface area contributed by atoms with Crippen LogP contribution in [-0.2, 0) is 6.54 Å². The zero-order chi connectivity index (χ0) is 18.6. The predicted molar refractivity (Wildman–Crippen MR) is 96.1 cm³/mol. The van der Waals surface area contributed by atoms with Crippen LogP contribution >= 0.6 is 0 Å². The quantitative estimate of drug-likeness (QED) is 0.607. The number of nitrogens with one attached hydrogen (secondary N) is 1. The van der Waals surface area contributed by atoms with Crippen molar-refractivity contribution >= 4 is 11.5 Å². The highest BCUT2D eigenvalue weighted by atomic mass is 16.7. The molecule has 1 fully saturated rings. The van der Waals surface area contributed by atoms with Gasteiger partial charge in [0.05, 0.1) is 4.92 Å². The van der Waals surface area contributed by atoms with Gasteiger partial charge < -0.3 is 19.5 Å². The van der Waals surface area contributed by atoms with Crippen molar-refractivity contribution in [1.29, 1.82) is 0 Å². The summed E-state index contributed by atoms with van der Waals surface area (Å²) < 4.78 is 16.5. The van der Waals surface area contributed by atoms with Crippen LogP contribution in [0.1, 0.15) is 37.7 Å². The summed E-state index contributed by atoms with van der Waals surface area (Å²) in [7, 11) is 0. The van der Waals surface area contributed by atoms with Gasteiger partial charge in [-0.3, -0.25) is 10.1 Å². The zero-order valence-corrected chi connectivity index (χ0v) is 14.7. The maximum Gasteiger partial charge on any atom is 0.372 e. The molecule has 142 valence electrons. The summed E-state index contributed by atoms with van der Waals surface area (Å²) in [6.07, 6.45) is 6.34. The average molecular weight is 372 g/mol. The molecule has 1 N–H and O–H groups in total. The van der Waals surface area contributed by atoms with Crippen LogP contribution in [-0.4, -0.2) is 27.8 Å². The normalized spacial score (nSPS) is 16.1. The van der Waals surface area contributed by atoms with Crippen LogP contribution in [0.25, 0.3) is 0 Å². The van der Waals surface area contributed by atoms with Gasteiger partial charge in [0.1, 0.15) is 12.4 Å². The second kappa shape index (κ2) is 7.65. The number of aromatic nitrogens is 2. The van der Waals surface area contributed by atoms with E-state index in [1.54, 1.807) is 0 Å². The molecule has 2 aromatic rings. The highest BCUT2D eigenvalue weighted by Crippen LogP contribution is 2.35. The summed E-state index contributed by atoms with van der Waals surface area (Å²) in [5, 5.41) is 14.6. The van der Waals surface area contributed by atoms with Gasteiger partial charge in [-0.15, -0.1) is 0 Å². The van der Waals surface area contributed by atoms with E-state index in [0.717, 1.165) is 31.2 Å². The number of nitro groups is 1. The lowest BCUT2D eigenvalue weighted by molar-refractivity contribution is -0.385. The first-order valence-electron chi connectivity index (χ1n) is 8.99. The topological polar surface area (TPSA) is 109 Å². The number of benzene rings is 1. The van der Waals surface area contributed by atoms with Crippen LogP contribution in [0, 0.1) is 10.1 Å². The molecule has 1 aromatic carbocycles. The van der Waals surface area contributed by atoms with Gasteiger partial charge in [-0.25, -0.2) is 4.98 Å². The van der Waals surface area contributed by atoms with E-state index in [1.807, 2.05) is 18.2 Å². The summed E-state index contributed by atoms with van der Waals surface area (Å²) in [4.78, 5) is 19.2. The van der Waals surface area contributed by atoms with Gasteiger partial charge in [-0.1, -0.05) is 12.5 Å². The Labute approximate surface area is 155 Å². The third-order valence-electron chi connectivity index (χ3n) is 4.70. The Morgan fingerprint density at radius 2 is 2.00 bits per heavy atom.